The quantitative estimate of drug-likeness (QED) is 0.848. The number of amides is 1. The first-order valence-electron chi connectivity index (χ1n) is 6.75. The Hall–Kier alpha value is -1.75. The van der Waals surface area contributed by atoms with Gasteiger partial charge in [-0.15, -0.1) is 11.3 Å². The fourth-order valence-electron chi connectivity index (χ4n) is 1.99. The van der Waals surface area contributed by atoms with E-state index in [0.717, 1.165) is 23.5 Å². The second kappa shape index (κ2) is 6.61. The molecule has 0 N–H and O–H groups in total. The maximum Gasteiger partial charge on any atom is 0.254 e. The standard InChI is InChI=1S/C15H19N3OS/c1-4-5-13-10-12(6-7-16-13)15(19)18(3)11(2)14-17-8-9-20-14/h6-11H,4-5H2,1-3H3/t11-/m1/s1. The summed E-state index contributed by atoms with van der Waals surface area (Å²) in [6.07, 6.45) is 5.39. The molecule has 0 saturated heterocycles. The van der Waals surface area contributed by atoms with Gasteiger partial charge in [0.05, 0.1) is 6.04 Å². The second-order valence-electron chi connectivity index (χ2n) is 4.75. The van der Waals surface area contributed by atoms with Crippen LogP contribution in [-0.2, 0) is 6.42 Å². The van der Waals surface area contributed by atoms with E-state index in [2.05, 4.69) is 16.9 Å². The maximum absolute atomic E-state index is 12.5. The molecule has 106 valence electrons. The minimum absolute atomic E-state index is 0.00690. The third-order valence-electron chi connectivity index (χ3n) is 3.28. The lowest BCUT2D eigenvalue weighted by atomic mass is 10.1. The van der Waals surface area contributed by atoms with E-state index in [1.54, 1.807) is 34.7 Å². The van der Waals surface area contributed by atoms with Gasteiger partial charge in [-0.05, 0) is 25.5 Å². The van der Waals surface area contributed by atoms with Crippen LogP contribution in [0.4, 0.5) is 0 Å². The summed E-state index contributed by atoms with van der Waals surface area (Å²) >= 11 is 1.57. The van der Waals surface area contributed by atoms with Gasteiger partial charge in [-0.2, -0.15) is 0 Å². The van der Waals surface area contributed by atoms with E-state index in [9.17, 15) is 4.79 Å². The van der Waals surface area contributed by atoms with Crippen molar-refractivity contribution < 1.29 is 4.79 Å². The van der Waals surface area contributed by atoms with Crippen LogP contribution < -0.4 is 0 Å². The molecule has 0 fully saturated rings. The number of carbonyl (C=O) groups is 1. The van der Waals surface area contributed by atoms with E-state index in [1.807, 2.05) is 25.4 Å². The van der Waals surface area contributed by atoms with Gasteiger partial charge in [0.25, 0.3) is 5.91 Å². The number of pyridine rings is 1. The Labute approximate surface area is 123 Å². The highest BCUT2D eigenvalue weighted by Crippen LogP contribution is 2.22. The lowest BCUT2D eigenvalue weighted by Crippen LogP contribution is -2.29. The molecule has 0 bridgehead atoms. The lowest BCUT2D eigenvalue weighted by molar-refractivity contribution is 0.0742. The van der Waals surface area contributed by atoms with Crippen LogP contribution in [0.25, 0.3) is 0 Å². The van der Waals surface area contributed by atoms with Crippen LogP contribution in [0.3, 0.4) is 0 Å². The van der Waals surface area contributed by atoms with E-state index in [4.69, 9.17) is 0 Å². The van der Waals surface area contributed by atoms with Crippen LogP contribution in [0, 0.1) is 0 Å². The van der Waals surface area contributed by atoms with E-state index in [1.165, 1.54) is 0 Å². The normalized spacial score (nSPS) is 12.2. The third kappa shape index (κ3) is 3.22. The molecule has 1 atom stereocenters. The Morgan fingerprint density at radius 2 is 2.20 bits per heavy atom. The lowest BCUT2D eigenvalue weighted by Gasteiger charge is -2.23. The van der Waals surface area contributed by atoms with Gasteiger partial charge >= 0.3 is 0 Å². The molecule has 4 nitrogen and oxygen atoms in total. The molecule has 0 aliphatic rings. The molecule has 0 radical (unpaired) electrons. The van der Waals surface area contributed by atoms with Crippen molar-refractivity contribution in [2.24, 2.45) is 0 Å². The smallest absolute Gasteiger partial charge is 0.254 e. The number of nitrogens with zero attached hydrogens (tertiary/aromatic N) is 3. The van der Waals surface area contributed by atoms with Crippen molar-refractivity contribution in [3.05, 3.63) is 46.2 Å². The molecule has 0 aliphatic heterocycles. The minimum Gasteiger partial charge on any atom is -0.333 e. The molecule has 0 aromatic carbocycles. The number of hydrogen-bond acceptors (Lipinski definition) is 4. The molecule has 1 amide bonds. The zero-order valence-electron chi connectivity index (χ0n) is 12.0. The van der Waals surface area contributed by atoms with Gasteiger partial charge in [0.1, 0.15) is 5.01 Å². The first-order chi connectivity index (χ1) is 9.63. The van der Waals surface area contributed by atoms with Crippen LogP contribution in [0.2, 0.25) is 0 Å². The fourth-order valence-corrected chi connectivity index (χ4v) is 2.73. The first kappa shape index (κ1) is 14.7. The van der Waals surface area contributed by atoms with Crippen LogP contribution in [0.1, 0.15) is 47.4 Å². The van der Waals surface area contributed by atoms with Crippen LogP contribution in [0.5, 0.6) is 0 Å². The van der Waals surface area contributed by atoms with Crippen molar-refractivity contribution in [1.82, 2.24) is 14.9 Å². The molecular weight excluding hydrogens is 270 g/mol. The molecule has 0 saturated carbocycles. The number of aryl methyl sites for hydroxylation is 1. The van der Waals surface area contributed by atoms with E-state index >= 15 is 0 Å². The molecule has 0 aliphatic carbocycles. The third-order valence-corrected chi connectivity index (χ3v) is 4.23. The molecule has 2 aromatic heterocycles. The highest BCUT2D eigenvalue weighted by molar-refractivity contribution is 7.09. The van der Waals surface area contributed by atoms with Gasteiger partial charge < -0.3 is 4.90 Å². The predicted molar refractivity (Wildman–Crippen MR) is 80.9 cm³/mol. The molecule has 5 heteroatoms. The van der Waals surface area contributed by atoms with Crippen LogP contribution >= 0.6 is 11.3 Å². The minimum atomic E-state index is -0.0229. The Morgan fingerprint density at radius 3 is 2.85 bits per heavy atom. The molecule has 0 unspecified atom stereocenters. The van der Waals surface area contributed by atoms with Gasteiger partial charge in [0.15, 0.2) is 0 Å². The van der Waals surface area contributed by atoms with Crippen LogP contribution in [-0.4, -0.2) is 27.8 Å². The second-order valence-corrected chi connectivity index (χ2v) is 5.67. The zero-order valence-corrected chi connectivity index (χ0v) is 12.9. The summed E-state index contributed by atoms with van der Waals surface area (Å²) in [5, 5.41) is 2.87. The van der Waals surface area contributed by atoms with Gasteiger partial charge in [0.2, 0.25) is 0 Å². The largest absolute Gasteiger partial charge is 0.333 e. The summed E-state index contributed by atoms with van der Waals surface area (Å²) in [5.41, 5.74) is 1.66. The van der Waals surface area contributed by atoms with E-state index in [0.29, 0.717) is 5.56 Å². The highest BCUT2D eigenvalue weighted by atomic mass is 32.1. The van der Waals surface area contributed by atoms with E-state index < -0.39 is 0 Å². The van der Waals surface area contributed by atoms with Gasteiger partial charge in [-0.1, -0.05) is 13.3 Å². The number of aromatic nitrogens is 2. The number of carbonyl (C=O) groups excluding carboxylic acids is 1. The Kier molecular flexibility index (Phi) is 4.84. The Morgan fingerprint density at radius 1 is 1.40 bits per heavy atom. The SMILES string of the molecule is CCCc1cc(C(=O)N(C)[C@H](C)c2nccs2)ccn1. The first-order valence-corrected chi connectivity index (χ1v) is 7.63. The number of thiazole rings is 1. The molecular formula is C15H19N3OS. The maximum atomic E-state index is 12.5. The molecule has 2 aromatic rings. The van der Waals surface area contributed by atoms with Crippen molar-refractivity contribution in [3.63, 3.8) is 0 Å². The van der Waals surface area contributed by atoms with E-state index in [-0.39, 0.29) is 11.9 Å². The summed E-state index contributed by atoms with van der Waals surface area (Å²) in [6.45, 7) is 4.09. The molecule has 2 heterocycles. The summed E-state index contributed by atoms with van der Waals surface area (Å²) in [4.78, 5) is 22.8. The predicted octanol–water partition coefficient (Wildman–Crippen LogP) is 3.32. The van der Waals surface area contributed by atoms with Crippen molar-refractivity contribution in [2.45, 2.75) is 32.7 Å². The van der Waals surface area contributed by atoms with Gasteiger partial charge in [0, 0.05) is 36.1 Å². The number of hydrogen-bond donors (Lipinski definition) is 0. The topological polar surface area (TPSA) is 46.1 Å². The Bertz CT molecular complexity index is 568. The van der Waals surface area contributed by atoms with Crippen molar-refractivity contribution in [2.75, 3.05) is 7.05 Å². The Balaban J connectivity index is 2.16. The van der Waals surface area contributed by atoms with Crippen molar-refractivity contribution >= 4 is 17.2 Å². The molecule has 2 rings (SSSR count). The summed E-state index contributed by atoms with van der Waals surface area (Å²) in [5.74, 6) is 0.00690. The molecule has 20 heavy (non-hydrogen) atoms. The average molecular weight is 289 g/mol. The van der Waals surface area contributed by atoms with Crippen LogP contribution in [0.15, 0.2) is 29.9 Å². The number of rotatable bonds is 5. The summed E-state index contributed by atoms with van der Waals surface area (Å²) in [6, 6.07) is 3.63. The van der Waals surface area contributed by atoms with Crippen molar-refractivity contribution in [3.8, 4) is 0 Å². The van der Waals surface area contributed by atoms with Gasteiger partial charge in [-0.3, -0.25) is 9.78 Å². The van der Waals surface area contributed by atoms with Gasteiger partial charge in [-0.25, -0.2) is 4.98 Å². The highest BCUT2D eigenvalue weighted by Gasteiger charge is 2.20. The fraction of sp³-hybridized carbons (Fsp3) is 0.400. The average Bonchev–Trinajstić information content (AvgIpc) is 3.00. The monoisotopic (exact) mass is 289 g/mol. The summed E-state index contributed by atoms with van der Waals surface area (Å²) in [7, 11) is 1.81. The summed E-state index contributed by atoms with van der Waals surface area (Å²) < 4.78 is 0. The zero-order chi connectivity index (χ0) is 14.5. The molecule has 0 spiro atoms. The van der Waals surface area contributed by atoms with Crippen molar-refractivity contribution in [1.29, 1.82) is 0 Å².